The second-order valence-electron chi connectivity index (χ2n) is 8.66. The summed E-state index contributed by atoms with van der Waals surface area (Å²) in [7, 11) is 1.68. The summed E-state index contributed by atoms with van der Waals surface area (Å²) in [6.07, 6.45) is 0.846. The van der Waals surface area contributed by atoms with Gasteiger partial charge in [0.05, 0.1) is 24.2 Å². The zero-order valence-corrected chi connectivity index (χ0v) is 20.8. The average molecular weight is 486 g/mol. The number of hydrogen-bond donors (Lipinski definition) is 1. The first-order valence-electron chi connectivity index (χ1n) is 11.5. The van der Waals surface area contributed by atoms with Gasteiger partial charge in [0.15, 0.2) is 11.4 Å². The summed E-state index contributed by atoms with van der Waals surface area (Å²) in [6, 6.07) is 20.4. The fraction of sp³-hybridized carbons (Fsp3) is 0.214. The predicted molar refractivity (Wildman–Crippen MR) is 140 cm³/mol. The Labute approximate surface area is 208 Å². The molecule has 3 aromatic carbocycles. The summed E-state index contributed by atoms with van der Waals surface area (Å²) in [4.78, 5) is 17.8. The number of amides is 1. The Kier molecular flexibility index (Phi) is 6.42. The van der Waals surface area contributed by atoms with E-state index >= 15 is 0 Å². The van der Waals surface area contributed by atoms with Crippen molar-refractivity contribution in [3.63, 3.8) is 0 Å². The summed E-state index contributed by atoms with van der Waals surface area (Å²) in [5.74, 6) is 1.40. The van der Waals surface area contributed by atoms with Crippen LogP contribution in [0.2, 0.25) is 0 Å². The van der Waals surface area contributed by atoms with E-state index in [-0.39, 0.29) is 12.5 Å². The smallest absolute Gasteiger partial charge is 0.262 e. The van der Waals surface area contributed by atoms with Gasteiger partial charge in [-0.05, 0) is 79.4 Å². The van der Waals surface area contributed by atoms with Gasteiger partial charge in [-0.3, -0.25) is 4.79 Å². The van der Waals surface area contributed by atoms with Crippen LogP contribution in [-0.4, -0.2) is 24.2 Å². The van der Waals surface area contributed by atoms with Crippen molar-refractivity contribution in [1.29, 1.82) is 0 Å². The number of ether oxygens (including phenoxy) is 2. The lowest BCUT2D eigenvalue weighted by Crippen LogP contribution is -2.25. The van der Waals surface area contributed by atoms with Crippen LogP contribution >= 0.6 is 11.3 Å². The standard InChI is InChI=1S/C28H27N3O3S/c1-18-12-19(2)14-22(13-18)29-28-31(11-10-20-4-7-23(33-3)8-5-20)25(17-35-28)21-6-9-26-24(15-21)30-27(32)16-34-26/h4-9,12-15,17H,10-11,16H2,1-3H3,(H,30,32). The molecule has 2 heterocycles. The second kappa shape index (κ2) is 9.80. The lowest BCUT2D eigenvalue weighted by molar-refractivity contribution is -0.118. The Morgan fingerprint density at radius 1 is 1.06 bits per heavy atom. The molecule has 0 aliphatic carbocycles. The Hall–Kier alpha value is -3.84. The van der Waals surface area contributed by atoms with E-state index in [4.69, 9.17) is 14.5 Å². The van der Waals surface area contributed by atoms with Gasteiger partial charge in [-0.15, -0.1) is 11.3 Å². The molecule has 0 spiro atoms. The van der Waals surface area contributed by atoms with Crippen molar-refractivity contribution in [3.8, 4) is 22.8 Å². The number of carbonyl (C=O) groups excluding carboxylic acids is 1. The minimum absolute atomic E-state index is 0.0472. The summed E-state index contributed by atoms with van der Waals surface area (Å²) in [6.45, 7) is 4.99. The Bertz CT molecular complexity index is 1430. The molecule has 0 atom stereocenters. The fourth-order valence-electron chi connectivity index (χ4n) is 4.27. The third-order valence-corrected chi connectivity index (χ3v) is 6.78. The van der Waals surface area contributed by atoms with Crippen LogP contribution in [0.25, 0.3) is 11.3 Å². The highest BCUT2D eigenvalue weighted by Gasteiger charge is 2.18. The summed E-state index contributed by atoms with van der Waals surface area (Å²) in [5, 5.41) is 5.04. The minimum Gasteiger partial charge on any atom is -0.497 e. The van der Waals surface area contributed by atoms with Crippen LogP contribution in [0, 0.1) is 13.8 Å². The van der Waals surface area contributed by atoms with Crippen LogP contribution in [0.3, 0.4) is 0 Å². The molecule has 0 unspecified atom stereocenters. The van der Waals surface area contributed by atoms with E-state index in [2.05, 4.69) is 59.4 Å². The Morgan fingerprint density at radius 2 is 1.83 bits per heavy atom. The van der Waals surface area contributed by atoms with Crippen molar-refractivity contribution in [2.75, 3.05) is 19.0 Å². The number of aromatic nitrogens is 1. The number of nitrogens with one attached hydrogen (secondary N) is 1. The number of nitrogens with zero attached hydrogens (tertiary/aromatic N) is 2. The molecule has 7 heteroatoms. The maximum absolute atomic E-state index is 11.8. The van der Waals surface area contributed by atoms with Gasteiger partial charge in [-0.25, -0.2) is 4.99 Å². The van der Waals surface area contributed by atoms with Crippen molar-refractivity contribution in [1.82, 2.24) is 4.57 Å². The van der Waals surface area contributed by atoms with Gasteiger partial charge < -0.3 is 19.4 Å². The molecule has 178 valence electrons. The van der Waals surface area contributed by atoms with Crippen LogP contribution in [0.15, 0.2) is 71.0 Å². The summed E-state index contributed by atoms with van der Waals surface area (Å²) in [5.41, 5.74) is 7.29. The van der Waals surface area contributed by atoms with Crippen LogP contribution in [0.4, 0.5) is 11.4 Å². The van der Waals surface area contributed by atoms with Gasteiger partial charge in [0.1, 0.15) is 11.5 Å². The molecule has 1 amide bonds. The van der Waals surface area contributed by atoms with Gasteiger partial charge in [-0.1, -0.05) is 18.2 Å². The van der Waals surface area contributed by atoms with Gasteiger partial charge in [0.2, 0.25) is 0 Å². The molecule has 4 aromatic rings. The molecule has 0 bridgehead atoms. The van der Waals surface area contributed by atoms with Gasteiger partial charge >= 0.3 is 0 Å². The molecule has 0 fully saturated rings. The molecule has 35 heavy (non-hydrogen) atoms. The van der Waals surface area contributed by atoms with Crippen molar-refractivity contribution in [2.45, 2.75) is 26.8 Å². The number of thiazole rings is 1. The summed E-state index contributed by atoms with van der Waals surface area (Å²) < 4.78 is 13.1. The normalized spacial score (nSPS) is 13.2. The first kappa shape index (κ1) is 22.9. The van der Waals surface area contributed by atoms with Gasteiger partial charge in [0.25, 0.3) is 5.91 Å². The zero-order chi connectivity index (χ0) is 24.4. The number of hydrogen-bond acceptors (Lipinski definition) is 5. The fourth-order valence-corrected chi connectivity index (χ4v) is 5.22. The maximum atomic E-state index is 11.8. The zero-order valence-electron chi connectivity index (χ0n) is 20.0. The number of benzene rings is 3. The van der Waals surface area contributed by atoms with E-state index in [1.807, 2.05) is 30.3 Å². The predicted octanol–water partition coefficient (Wildman–Crippen LogP) is 5.65. The number of aryl methyl sites for hydroxylation is 3. The molecular formula is C28H27N3O3S. The summed E-state index contributed by atoms with van der Waals surface area (Å²) >= 11 is 1.61. The molecule has 6 nitrogen and oxygen atoms in total. The number of anilines is 1. The third kappa shape index (κ3) is 5.15. The molecule has 1 aromatic heterocycles. The van der Waals surface area contributed by atoms with Gasteiger partial charge in [-0.2, -0.15) is 0 Å². The monoisotopic (exact) mass is 485 g/mol. The molecular weight excluding hydrogens is 458 g/mol. The largest absolute Gasteiger partial charge is 0.497 e. The quantitative estimate of drug-likeness (QED) is 0.384. The molecule has 0 saturated heterocycles. The van der Waals surface area contributed by atoms with Crippen molar-refractivity contribution >= 4 is 28.6 Å². The highest BCUT2D eigenvalue weighted by Crippen LogP contribution is 2.33. The van der Waals surface area contributed by atoms with Crippen molar-refractivity contribution < 1.29 is 14.3 Å². The molecule has 1 aliphatic rings. The maximum Gasteiger partial charge on any atom is 0.262 e. The molecule has 5 rings (SSSR count). The third-order valence-electron chi connectivity index (χ3n) is 5.92. The number of rotatable bonds is 6. The Balaban J connectivity index is 1.55. The van der Waals surface area contributed by atoms with E-state index in [0.29, 0.717) is 11.4 Å². The second-order valence-corrected chi connectivity index (χ2v) is 9.50. The van der Waals surface area contributed by atoms with Crippen LogP contribution in [0.5, 0.6) is 11.5 Å². The number of carbonyl (C=O) groups is 1. The lowest BCUT2D eigenvalue weighted by atomic mass is 10.1. The van der Waals surface area contributed by atoms with Crippen LogP contribution in [-0.2, 0) is 17.8 Å². The van der Waals surface area contributed by atoms with Crippen molar-refractivity contribution in [2.24, 2.45) is 4.99 Å². The van der Waals surface area contributed by atoms with E-state index in [1.54, 1.807) is 18.4 Å². The highest BCUT2D eigenvalue weighted by molar-refractivity contribution is 7.07. The highest BCUT2D eigenvalue weighted by atomic mass is 32.1. The molecule has 0 saturated carbocycles. The first-order valence-corrected chi connectivity index (χ1v) is 12.4. The van der Waals surface area contributed by atoms with E-state index in [0.717, 1.165) is 40.5 Å². The lowest BCUT2D eigenvalue weighted by Gasteiger charge is -2.19. The first-order chi connectivity index (χ1) is 17.0. The van der Waals surface area contributed by atoms with Crippen LogP contribution in [0.1, 0.15) is 16.7 Å². The van der Waals surface area contributed by atoms with Crippen molar-refractivity contribution in [3.05, 3.63) is 87.5 Å². The number of methoxy groups -OCH3 is 1. The topological polar surface area (TPSA) is 64.8 Å². The van der Waals surface area contributed by atoms with E-state index in [9.17, 15) is 4.79 Å². The van der Waals surface area contributed by atoms with Crippen LogP contribution < -0.4 is 19.6 Å². The minimum atomic E-state index is -0.141. The molecule has 1 N–H and O–H groups in total. The average Bonchev–Trinajstić information content (AvgIpc) is 3.24. The SMILES string of the molecule is COc1ccc(CCn2c(-c3ccc4c(c3)NC(=O)CO4)csc2=Nc2cc(C)cc(C)c2)cc1. The van der Waals surface area contributed by atoms with Gasteiger partial charge in [0, 0.05) is 17.5 Å². The van der Waals surface area contributed by atoms with E-state index in [1.165, 1.54) is 16.7 Å². The Morgan fingerprint density at radius 3 is 2.57 bits per heavy atom. The molecule has 1 aliphatic heterocycles. The number of fused-ring (bicyclic) bond motifs is 1. The van der Waals surface area contributed by atoms with E-state index < -0.39 is 0 Å². The molecule has 0 radical (unpaired) electrons.